The highest BCUT2D eigenvalue weighted by molar-refractivity contribution is 6.20. The molecule has 0 unspecified atom stereocenters. The van der Waals surface area contributed by atoms with Crippen LogP contribution in [0.5, 0.6) is 0 Å². The van der Waals surface area contributed by atoms with Crippen LogP contribution in [-0.4, -0.2) is 28.2 Å². The average Bonchev–Trinajstić information content (AvgIpc) is 2.64. The van der Waals surface area contributed by atoms with E-state index in [0.29, 0.717) is 11.5 Å². The molecule has 6 nitrogen and oxygen atoms in total. The summed E-state index contributed by atoms with van der Waals surface area (Å²) in [5.41, 5.74) is 2.38. The molecule has 0 atom stereocenters. The van der Waals surface area contributed by atoms with Crippen molar-refractivity contribution >= 4 is 23.9 Å². The smallest absolute Gasteiger partial charge is 0.242 e. The van der Waals surface area contributed by atoms with E-state index in [4.69, 9.17) is 5.41 Å². The van der Waals surface area contributed by atoms with E-state index in [9.17, 15) is 4.79 Å². The quantitative estimate of drug-likeness (QED) is 0.505. The second kappa shape index (κ2) is 6.67. The molecule has 2 aromatic heterocycles. The molecule has 0 bridgehead atoms. The van der Waals surface area contributed by atoms with Gasteiger partial charge in [0.05, 0.1) is 0 Å². The molecule has 0 spiro atoms. The Bertz CT molecular complexity index is 823. The van der Waals surface area contributed by atoms with E-state index in [-0.39, 0.29) is 11.4 Å². The van der Waals surface area contributed by atoms with E-state index in [1.54, 1.807) is 48.3 Å². The molecule has 0 aromatic carbocycles. The second-order valence-electron chi connectivity index (χ2n) is 4.77. The van der Waals surface area contributed by atoms with Crippen molar-refractivity contribution in [1.29, 1.82) is 5.41 Å². The molecular formula is C17H14N5O+. The molecule has 23 heavy (non-hydrogen) atoms. The zero-order valence-corrected chi connectivity index (χ0v) is 12.2. The predicted molar refractivity (Wildman–Crippen MR) is 87.0 cm³/mol. The van der Waals surface area contributed by atoms with Crippen molar-refractivity contribution in [1.82, 2.24) is 9.97 Å². The Hall–Kier alpha value is -3.25. The van der Waals surface area contributed by atoms with Crippen molar-refractivity contribution < 1.29 is 10.1 Å². The first-order valence-electron chi connectivity index (χ1n) is 6.99. The molecule has 1 aliphatic rings. The van der Waals surface area contributed by atoms with Crippen LogP contribution in [-0.2, 0) is 0 Å². The minimum absolute atomic E-state index is 0.208. The number of carbonyl (C=O) groups is 1. The summed E-state index contributed by atoms with van der Waals surface area (Å²) < 4.78 is 0. The third kappa shape index (κ3) is 3.17. The van der Waals surface area contributed by atoms with Gasteiger partial charge in [-0.05, 0) is 24.3 Å². The lowest BCUT2D eigenvalue weighted by molar-refractivity contribution is -0.510. The van der Waals surface area contributed by atoms with Crippen molar-refractivity contribution in [3.8, 4) is 0 Å². The zero-order valence-electron chi connectivity index (χ0n) is 12.2. The Balaban J connectivity index is 1.94. The summed E-state index contributed by atoms with van der Waals surface area (Å²) in [5.74, 6) is 0.130. The molecule has 0 aliphatic carbocycles. The molecular weight excluding hydrogens is 290 g/mol. The van der Waals surface area contributed by atoms with Gasteiger partial charge in [-0.2, -0.15) is 0 Å². The molecule has 3 heterocycles. The van der Waals surface area contributed by atoms with Gasteiger partial charge in [0, 0.05) is 42.7 Å². The fraction of sp³-hybridized carbons (Fsp3) is 0. The molecule has 112 valence electrons. The zero-order chi connectivity index (χ0) is 16.1. The maximum atomic E-state index is 12.5. The summed E-state index contributed by atoms with van der Waals surface area (Å²) in [6.07, 6.45) is 9.46. The summed E-state index contributed by atoms with van der Waals surface area (Å²) in [6.45, 7) is 0. The lowest BCUT2D eigenvalue weighted by atomic mass is 10.1. The van der Waals surface area contributed by atoms with Gasteiger partial charge in [-0.1, -0.05) is 6.07 Å². The van der Waals surface area contributed by atoms with Crippen LogP contribution >= 0.6 is 0 Å². The maximum Gasteiger partial charge on any atom is 0.242 e. The number of pyridine rings is 2. The second-order valence-corrected chi connectivity index (χ2v) is 4.77. The van der Waals surface area contributed by atoms with E-state index in [0.717, 1.165) is 17.5 Å². The molecule has 0 fully saturated rings. The van der Waals surface area contributed by atoms with E-state index >= 15 is 0 Å². The Morgan fingerprint density at radius 1 is 1.13 bits per heavy atom. The van der Waals surface area contributed by atoms with Crippen LogP contribution in [0.1, 0.15) is 16.1 Å². The third-order valence-corrected chi connectivity index (χ3v) is 3.34. The number of nitrogens with zero attached hydrogens (tertiary/aromatic N) is 3. The Kier molecular flexibility index (Phi) is 4.26. The number of ketones is 1. The molecule has 0 amide bonds. The number of quaternary nitrogens is 1. The first-order valence-corrected chi connectivity index (χ1v) is 6.99. The van der Waals surface area contributed by atoms with E-state index < -0.39 is 0 Å². The van der Waals surface area contributed by atoms with Crippen LogP contribution in [0.3, 0.4) is 0 Å². The van der Waals surface area contributed by atoms with E-state index in [1.165, 1.54) is 0 Å². The summed E-state index contributed by atoms with van der Waals surface area (Å²) in [6, 6.07) is 8.86. The normalized spacial score (nSPS) is 15.7. The van der Waals surface area contributed by atoms with Gasteiger partial charge in [0.1, 0.15) is 17.0 Å². The van der Waals surface area contributed by atoms with Gasteiger partial charge in [0.2, 0.25) is 11.6 Å². The SMILES string of the molecule is N=CC(C(=O)c1ccccn1)=C1N=CC=C(c2ccncc2)[NH2+]1. The molecule has 1 aliphatic heterocycles. The molecule has 3 N–H and O–H groups in total. The highest BCUT2D eigenvalue weighted by Crippen LogP contribution is 2.12. The lowest BCUT2D eigenvalue weighted by Crippen LogP contribution is -2.79. The number of allylic oxidation sites excluding steroid dienone is 2. The molecule has 0 radical (unpaired) electrons. The number of aliphatic imine (C=N–C) groups is 1. The largest absolute Gasteiger partial charge is 0.308 e. The van der Waals surface area contributed by atoms with Gasteiger partial charge in [-0.25, -0.2) is 4.99 Å². The van der Waals surface area contributed by atoms with Crippen LogP contribution < -0.4 is 5.32 Å². The molecule has 3 rings (SSSR count). The topological polar surface area (TPSA) is 95.7 Å². The minimum Gasteiger partial charge on any atom is -0.308 e. The first kappa shape index (κ1) is 14.7. The number of aromatic nitrogens is 2. The monoisotopic (exact) mass is 304 g/mol. The molecule has 6 heteroatoms. The number of hydrogen-bond acceptors (Lipinski definition) is 5. The predicted octanol–water partition coefficient (Wildman–Crippen LogP) is 1.21. The van der Waals surface area contributed by atoms with E-state index in [2.05, 4.69) is 15.0 Å². The van der Waals surface area contributed by atoms with Gasteiger partial charge >= 0.3 is 0 Å². The van der Waals surface area contributed by atoms with Crippen molar-refractivity contribution in [2.24, 2.45) is 4.99 Å². The number of rotatable bonds is 4. The number of hydrogen-bond donors (Lipinski definition) is 2. The highest BCUT2D eigenvalue weighted by atomic mass is 16.1. The van der Waals surface area contributed by atoms with Gasteiger partial charge in [0.25, 0.3) is 0 Å². The lowest BCUT2D eigenvalue weighted by Gasteiger charge is -2.10. The van der Waals surface area contributed by atoms with Gasteiger partial charge in [0.15, 0.2) is 0 Å². The van der Waals surface area contributed by atoms with Gasteiger partial charge < -0.3 is 5.41 Å². The highest BCUT2D eigenvalue weighted by Gasteiger charge is 2.22. The molecule has 2 aromatic rings. The van der Waals surface area contributed by atoms with Crippen LogP contribution in [0.4, 0.5) is 0 Å². The minimum atomic E-state index is -0.319. The summed E-state index contributed by atoms with van der Waals surface area (Å²) in [4.78, 5) is 24.8. The van der Waals surface area contributed by atoms with Crippen molar-refractivity contribution in [2.45, 2.75) is 0 Å². The van der Waals surface area contributed by atoms with Crippen molar-refractivity contribution in [2.75, 3.05) is 0 Å². The van der Waals surface area contributed by atoms with Crippen LogP contribution in [0, 0.1) is 5.41 Å². The fourth-order valence-electron chi connectivity index (χ4n) is 2.19. The Morgan fingerprint density at radius 2 is 1.96 bits per heavy atom. The van der Waals surface area contributed by atoms with E-state index in [1.807, 2.05) is 18.2 Å². The average molecular weight is 304 g/mol. The number of carbonyl (C=O) groups excluding carboxylic acids is 1. The maximum absolute atomic E-state index is 12.5. The fourth-order valence-corrected chi connectivity index (χ4v) is 2.19. The molecule has 0 saturated carbocycles. The van der Waals surface area contributed by atoms with Crippen LogP contribution in [0.2, 0.25) is 0 Å². The number of nitrogens with two attached hydrogens (primary N) is 1. The Labute approximate surface area is 132 Å². The Morgan fingerprint density at radius 3 is 2.65 bits per heavy atom. The van der Waals surface area contributed by atoms with Crippen molar-refractivity contribution in [3.63, 3.8) is 0 Å². The first-order chi connectivity index (χ1) is 11.3. The van der Waals surface area contributed by atoms with Gasteiger partial charge in [-0.15, -0.1) is 0 Å². The standard InChI is InChI=1S/C17H13N5O/c18-11-13(16(23)15-3-1-2-7-20-15)17-21-10-6-14(22-17)12-4-8-19-9-5-12/h1-11,18,22H/p+1. The van der Waals surface area contributed by atoms with Crippen LogP contribution in [0.15, 0.2) is 71.4 Å². The summed E-state index contributed by atoms with van der Waals surface area (Å²) >= 11 is 0. The van der Waals surface area contributed by atoms with Crippen molar-refractivity contribution in [3.05, 3.63) is 77.6 Å². The third-order valence-electron chi connectivity index (χ3n) is 3.34. The van der Waals surface area contributed by atoms with Crippen LogP contribution in [0.25, 0.3) is 5.70 Å². The number of Topliss-reactive ketones (excluding diaryl/α,β-unsaturated/α-hetero) is 1. The summed E-state index contributed by atoms with van der Waals surface area (Å²) in [7, 11) is 0. The summed E-state index contributed by atoms with van der Waals surface area (Å²) in [5, 5.41) is 9.38. The molecule has 0 saturated heterocycles. The number of nitrogens with one attached hydrogen (secondary N) is 1. The van der Waals surface area contributed by atoms with Gasteiger partial charge in [-0.3, -0.25) is 20.1 Å².